The highest BCUT2D eigenvalue weighted by atomic mass is 35.5. The topological polar surface area (TPSA) is 92.3 Å². The fraction of sp³-hybridized carbons (Fsp3) is 0.100. The number of nitrogens with zero attached hydrogens (tertiary/aromatic N) is 3. The number of pyridine rings is 1. The minimum absolute atomic E-state index is 0.0720. The minimum Gasteiger partial charge on any atom is -0.494 e. The summed E-state index contributed by atoms with van der Waals surface area (Å²) in [6.45, 7) is 0. The number of nitrogens with one attached hydrogen (secondary N) is 2. The minimum atomic E-state index is -0.292. The summed E-state index contributed by atoms with van der Waals surface area (Å²) >= 11 is 5.96. The predicted molar refractivity (Wildman–Crippen MR) is 109 cm³/mol. The van der Waals surface area contributed by atoms with Gasteiger partial charge in [0.2, 0.25) is 5.91 Å². The lowest BCUT2D eigenvalue weighted by Gasteiger charge is -2.04. The molecule has 7 nitrogen and oxygen atoms in total. The number of amides is 1. The van der Waals surface area contributed by atoms with Gasteiger partial charge in [-0.05, 0) is 30.3 Å². The Bertz CT molecular complexity index is 1200. The summed E-state index contributed by atoms with van der Waals surface area (Å²) in [6, 6.07) is 14.8. The van der Waals surface area contributed by atoms with E-state index in [2.05, 4.69) is 25.5 Å². The van der Waals surface area contributed by atoms with Crippen LogP contribution in [0.25, 0.3) is 21.9 Å². The zero-order valence-corrected chi connectivity index (χ0v) is 15.7. The second-order valence-corrected chi connectivity index (χ2v) is 6.52. The molecule has 2 heterocycles. The fourth-order valence-electron chi connectivity index (χ4n) is 2.85. The molecule has 2 N–H and O–H groups in total. The molecule has 0 saturated heterocycles. The van der Waals surface area contributed by atoms with Gasteiger partial charge in [-0.2, -0.15) is 5.10 Å². The number of fused-ring (bicyclic) bond motifs is 2. The highest BCUT2D eigenvalue weighted by Crippen LogP contribution is 2.23. The van der Waals surface area contributed by atoms with Crippen LogP contribution in [0, 0.1) is 0 Å². The van der Waals surface area contributed by atoms with Gasteiger partial charge in [0.25, 0.3) is 0 Å². The van der Waals surface area contributed by atoms with E-state index in [0.717, 1.165) is 21.9 Å². The summed E-state index contributed by atoms with van der Waals surface area (Å²) < 4.78 is 5.33. The molecule has 2 aromatic heterocycles. The van der Waals surface area contributed by atoms with E-state index in [1.807, 2.05) is 30.3 Å². The number of hydrogen-bond donors (Lipinski definition) is 2. The fourth-order valence-corrected chi connectivity index (χ4v) is 3.02. The number of rotatable bonds is 5. The monoisotopic (exact) mass is 393 g/mol. The molecule has 140 valence electrons. The number of aromatic nitrogens is 3. The van der Waals surface area contributed by atoms with Gasteiger partial charge in [0.1, 0.15) is 17.1 Å². The van der Waals surface area contributed by atoms with Gasteiger partial charge < -0.3 is 9.72 Å². The van der Waals surface area contributed by atoms with Crippen molar-refractivity contribution in [1.82, 2.24) is 20.4 Å². The third-order valence-corrected chi connectivity index (χ3v) is 4.37. The van der Waals surface area contributed by atoms with Crippen molar-refractivity contribution in [3.8, 4) is 5.75 Å². The van der Waals surface area contributed by atoms with Crippen molar-refractivity contribution in [3.05, 3.63) is 65.1 Å². The summed E-state index contributed by atoms with van der Waals surface area (Å²) in [4.78, 5) is 24.0. The molecule has 4 rings (SSSR count). The third-order valence-electron chi connectivity index (χ3n) is 4.13. The van der Waals surface area contributed by atoms with E-state index in [9.17, 15) is 4.79 Å². The van der Waals surface area contributed by atoms with Gasteiger partial charge in [0.15, 0.2) is 0 Å². The number of ether oxygens (including phenoxy) is 1. The molecule has 0 atom stereocenters. The first-order valence-electron chi connectivity index (χ1n) is 8.52. The van der Waals surface area contributed by atoms with E-state index in [0.29, 0.717) is 22.3 Å². The smallest absolute Gasteiger partial charge is 0.247 e. The van der Waals surface area contributed by atoms with E-state index in [1.54, 1.807) is 25.3 Å². The van der Waals surface area contributed by atoms with Crippen molar-refractivity contribution in [3.63, 3.8) is 0 Å². The number of benzene rings is 2. The lowest BCUT2D eigenvalue weighted by Crippen LogP contribution is -2.20. The summed E-state index contributed by atoms with van der Waals surface area (Å²) in [5, 5.41) is 5.55. The van der Waals surface area contributed by atoms with Crippen LogP contribution in [-0.2, 0) is 11.2 Å². The molecule has 0 radical (unpaired) electrons. The number of imidazole rings is 1. The zero-order chi connectivity index (χ0) is 19.5. The molecule has 0 aliphatic rings. The average molecular weight is 394 g/mol. The molecule has 0 spiro atoms. The first-order valence-corrected chi connectivity index (χ1v) is 8.90. The molecule has 2 aromatic carbocycles. The Balaban J connectivity index is 1.43. The molecule has 0 fully saturated rings. The van der Waals surface area contributed by atoms with Crippen LogP contribution < -0.4 is 10.2 Å². The van der Waals surface area contributed by atoms with E-state index < -0.39 is 0 Å². The van der Waals surface area contributed by atoms with Crippen molar-refractivity contribution in [1.29, 1.82) is 0 Å². The Morgan fingerprint density at radius 1 is 1.25 bits per heavy atom. The highest BCUT2D eigenvalue weighted by Gasteiger charge is 2.08. The summed E-state index contributed by atoms with van der Waals surface area (Å²) in [7, 11) is 1.60. The number of H-pyrrole nitrogens is 1. The molecular formula is C20H16ClN5O2. The molecule has 0 saturated carbocycles. The predicted octanol–water partition coefficient (Wildman–Crippen LogP) is 3.47. The highest BCUT2D eigenvalue weighted by molar-refractivity contribution is 6.31. The van der Waals surface area contributed by atoms with Crippen LogP contribution >= 0.6 is 11.6 Å². The molecule has 0 bridgehead atoms. The van der Waals surface area contributed by atoms with Crippen LogP contribution in [0.4, 0.5) is 0 Å². The molecule has 0 aliphatic carbocycles. The van der Waals surface area contributed by atoms with Crippen molar-refractivity contribution in [2.75, 3.05) is 7.11 Å². The maximum Gasteiger partial charge on any atom is 0.247 e. The Labute approximate surface area is 165 Å². The van der Waals surface area contributed by atoms with Gasteiger partial charge in [-0.3, -0.25) is 4.79 Å². The molecule has 28 heavy (non-hydrogen) atoms. The lowest BCUT2D eigenvalue weighted by molar-refractivity contribution is -0.120. The van der Waals surface area contributed by atoms with E-state index in [1.165, 1.54) is 6.21 Å². The molecule has 1 amide bonds. The van der Waals surface area contributed by atoms with E-state index in [4.69, 9.17) is 16.3 Å². The van der Waals surface area contributed by atoms with Crippen LogP contribution in [0.2, 0.25) is 5.02 Å². The Hall–Kier alpha value is -3.45. The second kappa shape index (κ2) is 7.66. The van der Waals surface area contributed by atoms with Crippen LogP contribution in [0.3, 0.4) is 0 Å². The number of carbonyl (C=O) groups excluding carboxylic acids is 1. The van der Waals surface area contributed by atoms with Crippen molar-refractivity contribution >= 4 is 45.7 Å². The number of hydrazone groups is 1. The molecular weight excluding hydrogens is 378 g/mol. The number of carbonyl (C=O) groups is 1. The molecule has 0 aliphatic heterocycles. The van der Waals surface area contributed by atoms with Gasteiger partial charge in [0.05, 0.1) is 36.5 Å². The number of hydrogen-bond acceptors (Lipinski definition) is 5. The maximum atomic E-state index is 12.1. The van der Waals surface area contributed by atoms with Gasteiger partial charge >= 0.3 is 0 Å². The van der Waals surface area contributed by atoms with Crippen molar-refractivity contribution in [2.45, 2.75) is 6.42 Å². The Morgan fingerprint density at radius 2 is 2.14 bits per heavy atom. The second-order valence-electron chi connectivity index (χ2n) is 6.08. The summed E-state index contributed by atoms with van der Waals surface area (Å²) in [5.74, 6) is 0.931. The number of aromatic amines is 1. The van der Waals surface area contributed by atoms with Crippen LogP contribution in [-0.4, -0.2) is 34.2 Å². The summed E-state index contributed by atoms with van der Waals surface area (Å²) in [6.07, 6.45) is 1.56. The first-order chi connectivity index (χ1) is 13.6. The van der Waals surface area contributed by atoms with Crippen LogP contribution in [0.1, 0.15) is 11.5 Å². The number of methoxy groups -OCH3 is 1. The maximum absolute atomic E-state index is 12.1. The normalized spacial score (nSPS) is 11.4. The third kappa shape index (κ3) is 3.79. The SMILES string of the molecule is COc1cccc2ccc(C=NNC(=O)Cc3nc4ccc(Cl)cc4[nH]3)nc12. The van der Waals surface area contributed by atoms with Crippen molar-refractivity contribution in [2.24, 2.45) is 5.10 Å². The Morgan fingerprint density at radius 3 is 3.00 bits per heavy atom. The van der Waals surface area contributed by atoms with E-state index in [-0.39, 0.29) is 12.3 Å². The van der Waals surface area contributed by atoms with Gasteiger partial charge in [-0.15, -0.1) is 0 Å². The lowest BCUT2D eigenvalue weighted by atomic mass is 10.2. The van der Waals surface area contributed by atoms with E-state index >= 15 is 0 Å². The van der Waals surface area contributed by atoms with Gasteiger partial charge in [-0.1, -0.05) is 29.8 Å². The standard InChI is InChI=1S/C20H16ClN5O2/c1-28-17-4-2-3-12-5-7-14(23-20(12)17)11-22-26-19(27)10-18-24-15-8-6-13(21)9-16(15)25-18/h2-9,11H,10H2,1H3,(H,24,25)(H,26,27). The average Bonchev–Trinajstić information content (AvgIpc) is 3.08. The summed E-state index contributed by atoms with van der Waals surface area (Å²) in [5.41, 5.74) is 5.37. The first kappa shape index (κ1) is 17.9. The Kier molecular flexibility index (Phi) is 4.90. The molecule has 0 unspecified atom stereocenters. The van der Waals surface area contributed by atoms with Crippen LogP contribution in [0.15, 0.2) is 53.6 Å². The number of halogens is 1. The van der Waals surface area contributed by atoms with Gasteiger partial charge in [-0.25, -0.2) is 15.4 Å². The van der Waals surface area contributed by atoms with Crippen molar-refractivity contribution < 1.29 is 9.53 Å². The quantitative estimate of drug-likeness (QED) is 0.401. The largest absolute Gasteiger partial charge is 0.494 e. The number of para-hydroxylation sites is 1. The molecule has 8 heteroatoms. The zero-order valence-electron chi connectivity index (χ0n) is 14.9. The van der Waals surface area contributed by atoms with Crippen LogP contribution in [0.5, 0.6) is 5.75 Å². The molecule has 4 aromatic rings. The van der Waals surface area contributed by atoms with Gasteiger partial charge in [0, 0.05) is 10.4 Å².